The van der Waals surface area contributed by atoms with Crippen molar-refractivity contribution in [1.82, 2.24) is 10.2 Å². The van der Waals surface area contributed by atoms with Crippen molar-refractivity contribution in [2.24, 2.45) is 0 Å². The van der Waals surface area contributed by atoms with Gasteiger partial charge < -0.3 is 10.4 Å². The average molecular weight is 172 g/mol. The van der Waals surface area contributed by atoms with Gasteiger partial charge in [-0.1, -0.05) is 0 Å². The first-order valence-electron chi connectivity index (χ1n) is 4.38. The minimum absolute atomic E-state index is 0.0703. The number of carbonyl (C=O) groups excluding carboxylic acids is 1. The van der Waals surface area contributed by atoms with Gasteiger partial charge in [0.2, 0.25) is 5.91 Å². The minimum atomic E-state index is -0.0975. The Morgan fingerprint density at radius 3 is 3.17 bits per heavy atom. The Labute approximate surface area is 72.6 Å². The van der Waals surface area contributed by atoms with Crippen molar-refractivity contribution < 1.29 is 9.90 Å². The molecule has 0 aliphatic carbocycles. The van der Waals surface area contributed by atoms with Crippen LogP contribution >= 0.6 is 0 Å². The molecule has 0 bridgehead atoms. The summed E-state index contributed by atoms with van der Waals surface area (Å²) in [5.41, 5.74) is 0. The summed E-state index contributed by atoms with van der Waals surface area (Å²) in [7, 11) is 0. The Kier molecular flexibility index (Phi) is 3.49. The molecule has 0 aromatic rings. The largest absolute Gasteiger partial charge is 0.395 e. The van der Waals surface area contributed by atoms with Crippen molar-refractivity contribution in [3.63, 3.8) is 0 Å². The number of amides is 1. The Bertz CT molecular complexity index is 161. The zero-order valence-corrected chi connectivity index (χ0v) is 7.42. The van der Waals surface area contributed by atoms with Gasteiger partial charge in [-0.15, -0.1) is 0 Å². The van der Waals surface area contributed by atoms with Gasteiger partial charge in [-0.2, -0.15) is 0 Å². The van der Waals surface area contributed by atoms with E-state index in [4.69, 9.17) is 5.11 Å². The van der Waals surface area contributed by atoms with E-state index >= 15 is 0 Å². The van der Waals surface area contributed by atoms with E-state index in [1.54, 1.807) is 0 Å². The van der Waals surface area contributed by atoms with Crippen molar-refractivity contribution in [3.05, 3.63) is 0 Å². The van der Waals surface area contributed by atoms with Gasteiger partial charge in [0, 0.05) is 19.6 Å². The van der Waals surface area contributed by atoms with Crippen LogP contribution in [-0.2, 0) is 4.79 Å². The smallest absolute Gasteiger partial charge is 0.237 e. The fourth-order valence-corrected chi connectivity index (χ4v) is 1.43. The molecule has 12 heavy (non-hydrogen) atoms. The summed E-state index contributed by atoms with van der Waals surface area (Å²) < 4.78 is 0. The highest BCUT2D eigenvalue weighted by Gasteiger charge is 2.22. The van der Waals surface area contributed by atoms with Gasteiger partial charge in [-0.25, -0.2) is 0 Å². The van der Waals surface area contributed by atoms with Gasteiger partial charge in [-0.3, -0.25) is 9.69 Å². The molecule has 0 saturated carbocycles. The Morgan fingerprint density at radius 1 is 1.75 bits per heavy atom. The third kappa shape index (κ3) is 2.19. The standard InChI is InChI=1S/C8H16N2O2/c1-7-8(12)9-3-2-4-10(7)5-6-11/h7,11H,2-6H2,1H3,(H,9,12). The van der Waals surface area contributed by atoms with Crippen LogP contribution in [0.4, 0.5) is 0 Å². The summed E-state index contributed by atoms with van der Waals surface area (Å²) in [6, 6.07) is -0.0975. The second kappa shape index (κ2) is 4.42. The average Bonchev–Trinajstić information content (AvgIpc) is 2.20. The van der Waals surface area contributed by atoms with Crippen LogP contribution in [-0.4, -0.2) is 48.2 Å². The summed E-state index contributed by atoms with van der Waals surface area (Å²) >= 11 is 0. The predicted octanol–water partition coefficient (Wildman–Crippen LogP) is -0.811. The SMILES string of the molecule is CC1C(=O)NCCCN1CCO. The Hall–Kier alpha value is -0.610. The molecule has 1 rings (SSSR count). The van der Waals surface area contributed by atoms with Gasteiger partial charge in [0.1, 0.15) is 0 Å². The third-order valence-electron chi connectivity index (χ3n) is 2.24. The molecule has 1 atom stereocenters. The number of rotatable bonds is 2. The van der Waals surface area contributed by atoms with Crippen LogP contribution in [0.2, 0.25) is 0 Å². The van der Waals surface area contributed by atoms with Gasteiger partial charge in [0.05, 0.1) is 12.6 Å². The quantitative estimate of drug-likeness (QED) is 0.573. The maximum atomic E-state index is 11.3. The van der Waals surface area contributed by atoms with Gasteiger partial charge in [0.25, 0.3) is 0 Å². The maximum Gasteiger partial charge on any atom is 0.237 e. The highest BCUT2D eigenvalue weighted by molar-refractivity contribution is 5.81. The summed E-state index contributed by atoms with van der Waals surface area (Å²) in [5.74, 6) is 0.0703. The van der Waals surface area contributed by atoms with Crippen molar-refractivity contribution in [2.75, 3.05) is 26.2 Å². The van der Waals surface area contributed by atoms with Crippen LogP contribution in [0.3, 0.4) is 0 Å². The highest BCUT2D eigenvalue weighted by Crippen LogP contribution is 2.03. The van der Waals surface area contributed by atoms with Crippen LogP contribution < -0.4 is 5.32 Å². The van der Waals surface area contributed by atoms with Crippen molar-refractivity contribution >= 4 is 5.91 Å². The van der Waals surface area contributed by atoms with E-state index in [1.807, 2.05) is 11.8 Å². The van der Waals surface area contributed by atoms with Gasteiger partial charge >= 0.3 is 0 Å². The molecule has 0 aromatic heterocycles. The first kappa shape index (κ1) is 9.48. The lowest BCUT2D eigenvalue weighted by molar-refractivity contribution is -0.125. The van der Waals surface area contributed by atoms with E-state index in [1.165, 1.54) is 0 Å². The topological polar surface area (TPSA) is 52.6 Å². The summed E-state index contributed by atoms with van der Waals surface area (Å²) in [5, 5.41) is 11.6. The molecule has 1 saturated heterocycles. The molecule has 1 aliphatic rings. The number of aliphatic hydroxyl groups is 1. The van der Waals surface area contributed by atoms with E-state index in [-0.39, 0.29) is 18.6 Å². The number of nitrogens with one attached hydrogen (secondary N) is 1. The second-order valence-corrected chi connectivity index (χ2v) is 3.08. The maximum absolute atomic E-state index is 11.3. The van der Waals surface area contributed by atoms with Crippen LogP contribution in [0.15, 0.2) is 0 Å². The first-order chi connectivity index (χ1) is 5.75. The number of aliphatic hydroxyl groups excluding tert-OH is 1. The minimum Gasteiger partial charge on any atom is -0.395 e. The van der Waals surface area contributed by atoms with E-state index in [2.05, 4.69) is 5.32 Å². The zero-order chi connectivity index (χ0) is 8.97. The number of carbonyl (C=O) groups is 1. The van der Waals surface area contributed by atoms with Crippen LogP contribution in [0.25, 0.3) is 0 Å². The van der Waals surface area contributed by atoms with E-state index < -0.39 is 0 Å². The molecule has 2 N–H and O–H groups in total. The summed E-state index contributed by atoms with van der Waals surface area (Å²) in [4.78, 5) is 13.3. The zero-order valence-electron chi connectivity index (χ0n) is 7.42. The monoisotopic (exact) mass is 172 g/mol. The molecule has 1 amide bonds. The molecule has 4 heteroatoms. The lowest BCUT2D eigenvalue weighted by atomic mass is 10.2. The lowest BCUT2D eigenvalue weighted by Gasteiger charge is -2.23. The van der Waals surface area contributed by atoms with Crippen molar-refractivity contribution in [2.45, 2.75) is 19.4 Å². The van der Waals surface area contributed by atoms with E-state index in [9.17, 15) is 4.79 Å². The summed E-state index contributed by atoms with van der Waals surface area (Å²) in [6.45, 7) is 4.23. The van der Waals surface area contributed by atoms with Crippen molar-refractivity contribution in [3.8, 4) is 0 Å². The molecule has 1 fully saturated rings. The third-order valence-corrected chi connectivity index (χ3v) is 2.24. The molecule has 1 heterocycles. The first-order valence-corrected chi connectivity index (χ1v) is 4.38. The molecule has 0 radical (unpaired) electrons. The fourth-order valence-electron chi connectivity index (χ4n) is 1.43. The van der Waals surface area contributed by atoms with E-state index in [0.717, 1.165) is 19.5 Å². The molecule has 1 aliphatic heterocycles. The number of β-amino-alcohol motifs (C(OH)–C–C–N with tert-alkyl or cyclic N) is 1. The molecular formula is C8H16N2O2. The van der Waals surface area contributed by atoms with Crippen LogP contribution in [0, 0.1) is 0 Å². The Balaban J connectivity index is 2.51. The number of hydrogen-bond donors (Lipinski definition) is 2. The molecule has 0 aromatic carbocycles. The molecule has 70 valence electrons. The Morgan fingerprint density at radius 2 is 2.50 bits per heavy atom. The van der Waals surface area contributed by atoms with Crippen LogP contribution in [0.5, 0.6) is 0 Å². The normalized spacial score (nSPS) is 26.5. The highest BCUT2D eigenvalue weighted by atomic mass is 16.3. The summed E-state index contributed by atoms with van der Waals surface area (Å²) in [6.07, 6.45) is 0.968. The molecular weight excluding hydrogens is 156 g/mol. The number of hydrogen-bond acceptors (Lipinski definition) is 3. The fraction of sp³-hybridized carbons (Fsp3) is 0.875. The number of nitrogens with zero attached hydrogens (tertiary/aromatic N) is 1. The predicted molar refractivity (Wildman–Crippen MR) is 45.7 cm³/mol. The van der Waals surface area contributed by atoms with Crippen LogP contribution in [0.1, 0.15) is 13.3 Å². The second-order valence-electron chi connectivity index (χ2n) is 3.08. The van der Waals surface area contributed by atoms with Crippen molar-refractivity contribution in [1.29, 1.82) is 0 Å². The molecule has 4 nitrogen and oxygen atoms in total. The molecule has 0 spiro atoms. The lowest BCUT2D eigenvalue weighted by Crippen LogP contribution is -2.43. The van der Waals surface area contributed by atoms with Gasteiger partial charge in [-0.05, 0) is 13.3 Å². The van der Waals surface area contributed by atoms with Gasteiger partial charge in [0.15, 0.2) is 0 Å². The molecule has 1 unspecified atom stereocenters. The van der Waals surface area contributed by atoms with E-state index in [0.29, 0.717) is 6.54 Å².